The number of Topliss-reactive ketones (excluding diaryl/α,β-unsaturated/α-hetero) is 1. The summed E-state index contributed by atoms with van der Waals surface area (Å²) < 4.78 is 18.7. The molecule has 0 unspecified atom stereocenters. The first-order valence-corrected chi connectivity index (χ1v) is 8.12. The molecule has 1 aromatic carbocycles. The van der Waals surface area contributed by atoms with Gasteiger partial charge in [-0.1, -0.05) is 6.07 Å². The van der Waals surface area contributed by atoms with Crippen LogP contribution in [0.15, 0.2) is 30.3 Å². The summed E-state index contributed by atoms with van der Waals surface area (Å²) in [5.74, 6) is -0.993. The van der Waals surface area contributed by atoms with Crippen LogP contribution in [0.3, 0.4) is 0 Å². The minimum atomic E-state index is -0.551. The van der Waals surface area contributed by atoms with Crippen LogP contribution in [0.4, 0.5) is 10.1 Å². The minimum Gasteiger partial charge on any atom is -0.465 e. The van der Waals surface area contributed by atoms with Crippen molar-refractivity contribution in [2.75, 3.05) is 12.4 Å². The number of hydrogen-bond donors (Lipinski definition) is 1. The van der Waals surface area contributed by atoms with Gasteiger partial charge < -0.3 is 10.1 Å². The van der Waals surface area contributed by atoms with Crippen molar-refractivity contribution < 1.29 is 18.7 Å². The molecular weight excluding hydrogens is 323 g/mol. The van der Waals surface area contributed by atoms with E-state index in [4.69, 9.17) is 4.74 Å². The third kappa shape index (κ3) is 3.68. The Kier molecular flexibility index (Phi) is 4.79. The van der Waals surface area contributed by atoms with E-state index in [9.17, 15) is 14.0 Å². The maximum atomic E-state index is 13.9. The van der Waals surface area contributed by atoms with E-state index >= 15 is 0 Å². The summed E-state index contributed by atoms with van der Waals surface area (Å²) in [4.78, 5) is 28.1. The Bertz CT molecular complexity index is 831. The fraction of sp³-hybridized carbons (Fsp3) is 0.316. The first-order valence-electron chi connectivity index (χ1n) is 8.12. The molecule has 0 amide bonds. The van der Waals surface area contributed by atoms with Crippen molar-refractivity contribution >= 4 is 17.4 Å². The number of ether oxygens (including phenoxy) is 1. The highest BCUT2D eigenvalue weighted by Gasteiger charge is 2.30. The van der Waals surface area contributed by atoms with E-state index in [1.807, 2.05) is 0 Å². The summed E-state index contributed by atoms with van der Waals surface area (Å²) in [6, 6.07) is 7.91. The number of nitrogens with zero attached hydrogens (tertiary/aromatic N) is 1. The van der Waals surface area contributed by atoms with Crippen molar-refractivity contribution in [2.24, 2.45) is 0 Å². The summed E-state index contributed by atoms with van der Waals surface area (Å²) in [7, 11) is 1.35. The smallest absolute Gasteiger partial charge is 0.339 e. The number of aromatic nitrogens is 1. The molecule has 1 aromatic heterocycles. The van der Waals surface area contributed by atoms with Crippen molar-refractivity contribution in [2.45, 2.75) is 32.2 Å². The quantitative estimate of drug-likeness (QED) is 0.640. The molecule has 2 aromatic rings. The van der Waals surface area contributed by atoms with Gasteiger partial charge in [-0.05, 0) is 44.0 Å². The molecule has 0 atom stereocenters. The number of methoxy groups -OCH3 is 1. The van der Waals surface area contributed by atoms with Crippen molar-refractivity contribution in [3.63, 3.8) is 0 Å². The van der Waals surface area contributed by atoms with E-state index in [-0.39, 0.29) is 17.3 Å². The molecule has 25 heavy (non-hydrogen) atoms. The van der Waals surface area contributed by atoms with Gasteiger partial charge in [-0.15, -0.1) is 0 Å². The lowest BCUT2D eigenvalue weighted by Crippen LogP contribution is -2.11. The highest BCUT2D eigenvalue weighted by atomic mass is 19.1. The molecule has 0 spiro atoms. The van der Waals surface area contributed by atoms with Gasteiger partial charge in [0.1, 0.15) is 5.82 Å². The average Bonchev–Trinajstić information content (AvgIpc) is 3.43. The van der Waals surface area contributed by atoms with Crippen molar-refractivity contribution in [3.8, 4) is 0 Å². The van der Waals surface area contributed by atoms with E-state index in [1.165, 1.54) is 20.1 Å². The molecule has 1 aliphatic carbocycles. The van der Waals surface area contributed by atoms with Crippen LogP contribution in [0.2, 0.25) is 0 Å². The van der Waals surface area contributed by atoms with E-state index in [2.05, 4.69) is 10.3 Å². The van der Waals surface area contributed by atoms with Crippen molar-refractivity contribution in [3.05, 3.63) is 58.7 Å². The number of nitrogens with one attached hydrogen (secondary N) is 1. The van der Waals surface area contributed by atoms with Gasteiger partial charge in [-0.25, -0.2) is 9.18 Å². The number of anilines is 1. The summed E-state index contributed by atoms with van der Waals surface area (Å²) in [5.41, 5.74) is 2.42. The lowest BCUT2D eigenvalue weighted by atomic mass is 10.1. The van der Waals surface area contributed by atoms with Crippen LogP contribution in [0.25, 0.3) is 0 Å². The number of benzene rings is 1. The molecule has 0 aliphatic heterocycles. The highest BCUT2D eigenvalue weighted by molar-refractivity contribution is 5.99. The molecule has 1 N–H and O–H groups in total. The molecule has 130 valence electrons. The maximum absolute atomic E-state index is 13.9. The third-order valence-corrected chi connectivity index (χ3v) is 4.18. The second-order valence-electron chi connectivity index (χ2n) is 6.07. The van der Waals surface area contributed by atoms with Crippen molar-refractivity contribution in [1.29, 1.82) is 0 Å². The third-order valence-electron chi connectivity index (χ3n) is 4.18. The average molecular weight is 342 g/mol. The summed E-state index contributed by atoms with van der Waals surface area (Å²) in [6.07, 6.45) is 2.01. The lowest BCUT2D eigenvalue weighted by molar-refractivity contribution is 0.0598. The van der Waals surface area contributed by atoms with Gasteiger partial charge in [0.15, 0.2) is 5.78 Å². The van der Waals surface area contributed by atoms with E-state index < -0.39 is 11.8 Å². The van der Waals surface area contributed by atoms with Gasteiger partial charge in [0.25, 0.3) is 0 Å². The number of rotatable bonds is 6. The lowest BCUT2D eigenvalue weighted by Gasteiger charge is -2.12. The molecule has 3 rings (SSSR count). The predicted octanol–water partition coefficient (Wildman–Crippen LogP) is 3.70. The summed E-state index contributed by atoms with van der Waals surface area (Å²) in [6.45, 7) is 1.66. The van der Waals surface area contributed by atoms with Crippen LogP contribution in [-0.2, 0) is 11.3 Å². The number of esters is 1. The molecule has 5 nitrogen and oxygen atoms in total. The van der Waals surface area contributed by atoms with Gasteiger partial charge in [-0.3, -0.25) is 9.78 Å². The zero-order valence-electron chi connectivity index (χ0n) is 14.1. The number of halogens is 1. The van der Waals surface area contributed by atoms with Gasteiger partial charge in [0, 0.05) is 11.6 Å². The van der Waals surface area contributed by atoms with E-state index in [0.29, 0.717) is 23.5 Å². The van der Waals surface area contributed by atoms with Crippen LogP contribution in [0.5, 0.6) is 0 Å². The van der Waals surface area contributed by atoms with Crippen LogP contribution < -0.4 is 5.32 Å². The first kappa shape index (κ1) is 17.1. The zero-order valence-corrected chi connectivity index (χ0v) is 14.1. The second-order valence-corrected chi connectivity index (χ2v) is 6.07. The van der Waals surface area contributed by atoms with Crippen LogP contribution >= 0.6 is 0 Å². The van der Waals surface area contributed by atoms with Crippen LogP contribution in [0, 0.1) is 5.82 Å². The topological polar surface area (TPSA) is 68.3 Å². The fourth-order valence-electron chi connectivity index (χ4n) is 2.78. The number of pyridine rings is 1. The molecular formula is C19H19FN2O3. The van der Waals surface area contributed by atoms with E-state index in [0.717, 1.165) is 18.5 Å². The summed E-state index contributed by atoms with van der Waals surface area (Å²) in [5, 5.41) is 3.06. The van der Waals surface area contributed by atoms with Gasteiger partial charge in [0.05, 0.1) is 36.2 Å². The number of ketones is 1. The SMILES string of the molecule is COC(=O)c1ccc(CNc2cccc(F)c2C(C)=O)nc1C1CC1. The van der Waals surface area contributed by atoms with Gasteiger partial charge in [-0.2, -0.15) is 0 Å². The van der Waals surface area contributed by atoms with E-state index in [1.54, 1.807) is 24.3 Å². The van der Waals surface area contributed by atoms with Crippen LogP contribution in [0.1, 0.15) is 57.8 Å². The number of carbonyl (C=O) groups is 2. The molecule has 1 heterocycles. The predicted molar refractivity (Wildman–Crippen MR) is 91.3 cm³/mol. The minimum absolute atomic E-state index is 0.0381. The molecule has 0 saturated heterocycles. The molecule has 1 aliphatic rings. The number of carbonyl (C=O) groups excluding carboxylic acids is 2. The molecule has 0 radical (unpaired) electrons. The Morgan fingerprint density at radius 2 is 2.04 bits per heavy atom. The Balaban J connectivity index is 1.83. The number of hydrogen-bond acceptors (Lipinski definition) is 5. The molecule has 6 heteroatoms. The Hall–Kier alpha value is -2.76. The molecule has 1 fully saturated rings. The Morgan fingerprint density at radius 3 is 2.68 bits per heavy atom. The molecule has 1 saturated carbocycles. The normalized spacial score (nSPS) is 13.4. The largest absolute Gasteiger partial charge is 0.465 e. The highest BCUT2D eigenvalue weighted by Crippen LogP contribution is 2.40. The standard InChI is InChI=1S/C19H19FN2O3/c1-11(23)17-15(20)4-3-5-16(17)21-10-13-8-9-14(19(24)25-2)18(22-13)12-6-7-12/h3-5,8-9,12,21H,6-7,10H2,1-2H3. The zero-order chi connectivity index (χ0) is 18.0. The second kappa shape index (κ2) is 7.01. The molecule has 0 bridgehead atoms. The Labute approximate surface area is 145 Å². The Morgan fingerprint density at radius 1 is 1.28 bits per heavy atom. The monoisotopic (exact) mass is 342 g/mol. The summed E-state index contributed by atoms with van der Waals surface area (Å²) >= 11 is 0. The first-order chi connectivity index (χ1) is 12.0. The maximum Gasteiger partial charge on any atom is 0.339 e. The van der Waals surface area contributed by atoms with Gasteiger partial charge >= 0.3 is 5.97 Å². The van der Waals surface area contributed by atoms with Crippen molar-refractivity contribution in [1.82, 2.24) is 4.98 Å². The fourth-order valence-corrected chi connectivity index (χ4v) is 2.78. The van der Waals surface area contributed by atoms with Crippen LogP contribution in [-0.4, -0.2) is 23.8 Å². The van der Waals surface area contributed by atoms with Gasteiger partial charge in [0.2, 0.25) is 0 Å².